The number of nitrogens with one attached hydrogen (secondary N) is 1. The second-order valence-electron chi connectivity index (χ2n) is 3.34. The molecule has 1 aliphatic heterocycles. The first kappa shape index (κ1) is 8.57. The van der Waals surface area contributed by atoms with Crippen molar-refractivity contribution in [3.05, 3.63) is 0 Å². The summed E-state index contributed by atoms with van der Waals surface area (Å²) in [5, 5.41) is 3.02. The molecule has 2 nitrogen and oxygen atoms in total. The molecule has 0 radical (unpaired) electrons. The van der Waals surface area contributed by atoms with Gasteiger partial charge in [-0.15, -0.1) is 0 Å². The molecule has 0 spiro atoms. The van der Waals surface area contributed by atoms with Gasteiger partial charge in [0.2, 0.25) is 5.91 Å². The fourth-order valence-corrected chi connectivity index (χ4v) is 1.81. The lowest BCUT2D eigenvalue weighted by atomic mass is 9.95. The van der Waals surface area contributed by atoms with E-state index in [1.54, 1.807) is 0 Å². The van der Waals surface area contributed by atoms with Gasteiger partial charge in [-0.2, -0.15) is 0 Å². The second-order valence-corrected chi connectivity index (χ2v) is 3.34. The van der Waals surface area contributed by atoms with Gasteiger partial charge in [0.1, 0.15) is 0 Å². The van der Waals surface area contributed by atoms with Crippen LogP contribution in [-0.4, -0.2) is 11.9 Å². The lowest BCUT2D eigenvalue weighted by Gasteiger charge is -2.15. The van der Waals surface area contributed by atoms with Gasteiger partial charge in [-0.3, -0.25) is 4.79 Å². The summed E-state index contributed by atoms with van der Waals surface area (Å²) < 4.78 is 0. The Morgan fingerprint density at radius 3 is 2.82 bits per heavy atom. The first-order valence-electron chi connectivity index (χ1n) is 4.57. The molecular weight excluding hydrogens is 138 g/mol. The molecule has 11 heavy (non-hydrogen) atoms. The number of amides is 1. The van der Waals surface area contributed by atoms with E-state index < -0.39 is 0 Å². The predicted molar refractivity (Wildman–Crippen MR) is 45.2 cm³/mol. The fourth-order valence-electron chi connectivity index (χ4n) is 1.81. The summed E-state index contributed by atoms with van der Waals surface area (Å²) in [6, 6.07) is 0.470. The van der Waals surface area contributed by atoms with Crippen molar-refractivity contribution in [3.63, 3.8) is 0 Å². The van der Waals surface area contributed by atoms with Gasteiger partial charge >= 0.3 is 0 Å². The molecule has 0 bridgehead atoms. The molecule has 0 aliphatic carbocycles. The van der Waals surface area contributed by atoms with Crippen molar-refractivity contribution in [3.8, 4) is 0 Å². The smallest absolute Gasteiger partial charge is 0.220 e. The Morgan fingerprint density at radius 1 is 1.55 bits per heavy atom. The zero-order valence-corrected chi connectivity index (χ0v) is 7.39. The second kappa shape index (κ2) is 3.74. The van der Waals surface area contributed by atoms with Crippen LogP contribution in [0.3, 0.4) is 0 Å². The van der Waals surface area contributed by atoms with E-state index in [1.165, 1.54) is 6.42 Å². The van der Waals surface area contributed by atoms with E-state index in [4.69, 9.17) is 0 Å². The molecule has 0 aromatic rings. The highest BCUT2D eigenvalue weighted by Crippen LogP contribution is 2.22. The van der Waals surface area contributed by atoms with E-state index in [-0.39, 0.29) is 5.91 Å². The van der Waals surface area contributed by atoms with Gasteiger partial charge in [0.05, 0.1) is 0 Å². The van der Waals surface area contributed by atoms with Crippen LogP contribution in [0.5, 0.6) is 0 Å². The van der Waals surface area contributed by atoms with E-state index in [1.807, 2.05) is 0 Å². The van der Waals surface area contributed by atoms with E-state index in [2.05, 4.69) is 19.2 Å². The van der Waals surface area contributed by atoms with Gasteiger partial charge < -0.3 is 5.32 Å². The normalized spacial score (nSPS) is 30.5. The third kappa shape index (κ3) is 1.95. The Morgan fingerprint density at radius 2 is 2.27 bits per heavy atom. The molecule has 1 rings (SSSR count). The van der Waals surface area contributed by atoms with E-state index >= 15 is 0 Å². The average Bonchev–Trinajstić information content (AvgIpc) is 2.32. The summed E-state index contributed by atoms with van der Waals surface area (Å²) in [5.41, 5.74) is 0. The van der Waals surface area contributed by atoms with Crippen molar-refractivity contribution >= 4 is 5.91 Å². The van der Waals surface area contributed by atoms with Gasteiger partial charge in [-0.05, 0) is 12.3 Å². The maximum absolute atomic E-state index is 11.0. The highest BCUT2D eigenvalue weighted by molar-refractivity contribution is 5.78. The molecule has 2 heteroatoms. The van der Waals surface area contributed by atoms with Crippen LogP contribution in [0.15, 0.2) is 0 Å². The highest BCUT2D eigenvalue weighted by atomic mass is 16.1. The molecule has 2 unspecified atom stereocenters. The molecule has 1 N–H and O–H groups in total. The van der Waals surface area contributed by atoms with Crippen LogP contribution in [0.25, 0.3) is 0 Å². The van der Waals surface area contributed by atoms with Gasteiger partial charge in [0.15, 0.2) is 0 Å². The third-order valence-electron chi connectivity index (χ3n) is 2.49. The molecule has 1 amide bonds. The lowest BCUT2D eigenvalue weighted by Crippen LogP contribution is -2.28. The minimum absolute atomic E-state index is 0.246. The topological polar surface area (TPSA) is 29.1 Å². The Hall–Kier alpha value is -0.530. The maximum atomic E-state index is 11.0. The highest BCUT2D eigenvalue weighted by Gasteiger charge is 2.29. The summed E-state index contributed by atoms with van der Waals surface area (Å²) in [5.74, 6) is 0.845. The Kier molecular flexibility index (Phi) is 2.92. The quantitative estimate of drug-likeness (QED) is 0.660. The molecule has 2 atom stereocenters. The Labute approximate surface area is 68.4 Å². The third-order valence-corrected chi connectivity index (χ3v) is 2.49. The van der Waals surface area contributed by atoms with E-state index in [0.29, 0.717) is 12.0 Å². The number of hydrogen-bond donors (Lipinski definition) is 1. The lowest BCUT2D eigenvalue weighted by molar-refractivity contribution is -0.119. The number of carbonyl (C=O) groups is 1. The minimum atomic E-state index is 0.246. The SMILES string of the molecule is CCCC1NC(=O)CC1CC. The molecule has 1 aliphatic rings. The number of carbonyl (C=O) groups excluding carboxylic acids is 1. The van der Waals surface area contributed by atoms with E-state index in [0.717, 1.165) is 19.3 Å². The summed E-state index contributed by atoms with van der Waals surface area (Å²) in [4.78, 5) is 11.0. The molecule has 0 aromatic carbocycles. The molecule has 1 saturated heterocycles. The van der Waals surface area contributed by atoms with Crippen LogP contribution >= 0.6 is 0 Å². The van der Waals surface area contributed by atoms with Crippen LogP contribution in [0.4, 0.5) is 0 Å². The van der Waals surface area contributed by atoms with E-state index in [9.17, 15) is 4.79 Å². The van der Waals surface area contributed by atoms with Crippen molar-refractivity contribution in [1.82, 2.24) is 5.32 Å². The zero-order chi connectivity index (χ0) is 8.27. The van der Waals surface area contributed by atoms with Gasteiger partial charge in [-0.1, -0.05) is 26.7 Å². The monoisotopic (exact) mass is 155 g/mol. The Bertz CT molecular complexity index is 144. The van der Waals surface area contributed by atoms with Crippen LogP contribution in [-0.2, 0) is 4.79 Å². The molecule has 0 saturated carbocycles. The zero-order valence-electron chi connectivity index (χ0n) is 7.39. The summed E-state index contributed by atoms with van der Waals surface area (Å²) >= 11 is 0. The fraction of sp³-hybridized carbons (Fsp3) is 0.889. The molecule has 1 heterocycles. The Balaban J connectivity index is 2.43. The standard InChI is InChI=1S/C9H17NO/c1-3-5-8-7(4-2)6-9(11)10-8/h7-8H,3-6H2,1-2H3,(H,10,11). The molecule has 1 fully saturated rings. The minimum Gasteiger partial charge on any atom is -0.353 e. The van der Waals surface area contributed by atoms with Crippen molar-refractivity contribution in [2.45, 2.75) is 45.6 Å². The van der Waals surface area contributed by atoms with Crippen molar-refractivity contribution in [1.29, 1.82) is 0 Å². The summed E-state index contributed by atoms with van der Waals surface area (Å²) in [7, 11) is 0. The summed E-state index contributed by atoms with van der Waals surface area (Å²) in [6.45, 7) is 4.32. The first-order chi connectivity index (χ1) is 5.27. The largest absolute Gasteiger partial charge is 0.353 e. The average molecular weight is 155 g/mol. The van der Waals surface area contributed by atoms with Crippen LogP contribution in [0.2, 0.25) is 0 Å². The number of hydrogen-bond acceptors (Lipinski definition) is 1. The van der Waals surface area contributed by atoms with Gasteiger partial charge in [-0.25, -0.2) is 0 Å². The van der Waals surface area contributed by atoms with Crippen LogP contribution < -0.4 is 5.32 Å². The van der Waals surface area contributed by atoms with Crippen LogP contribution in [0, 0.1) is 5.92 Å². The first-order valence-corrected chi connectivity index (χ1v) is 4.57. The maximum Gasteiger partial charge on any atom is 0.220 e. The number of rotatable bonds is 3. The molecule has 64 valence electrons. The predicted octanol–water partition coefficient (Wildman–Crippen LogP) is 1.70. The van der Waals surface area contributed by atoms with Crippen molar-refractivity contribution in [2.24, 2.45) is 5.92 Å². The van der Waals surface area contributed by atoms with Gasteiger partial charge in [0, 0.05) is 12.5 Å². The molecular formula is C9H17NO. The summed E-state index contributed by atoms with van der Waals surface area (Å²) in [6.07, 6.45) is 4.19. The van der Waals surface area contributed by atoms with Crippen molar-refractivity contribution in [2.75, 3.05) is 0 Å². The van der Waals surface area contributed by atoms with Gasteiger partial charge in [0.25, 0.3) is 0 Å². The molecule has 0 aromatic heterocycles. The van der Waals surface area contributed by atoms with Crippen molar-refractivity contribution < 1.29 is 4.79 Å². The van der Waals surface area contributed by atoms with Crippen LogP contribution in [0.1, 0.15) is 39.5 Å².